The van der Waals surface area contributed by atoms with Gasteiger partial charge in [-0.2, -0.15) is 0 Å². The number of benzene rings is 1. The van der Waals surface area contributed by atoms with Crippen molar-refractivity contribution in [2.24, 2.45) is 11.3 Å². The van der Waals surface area contributed by atoms with Gasteiger partial charge in [-0.15, -0.1) is 0 Å². The Morgan fingerprint density at radius 3 is 2.15 bits per heavy atom. The van der Waals surface area contributed by atoms with Crippen molar-refractivity contribution in [1.82, 2.24) is 26.2 Å². The lowest BCUT2D eigenvalue weighted by Crippen LogP contribution is -2.60. The number of amides is 5. The van der Waals surface area contributed by atoms with Crippen molar-refractivity contribution in [1.29, 1.82) is 0 Å². The van der Waals surface area contributed by atoms with Gasteiger partial charge < -0.3 is 30.9 Å². The number of carbonyl (C=O) groups is 7. The number of hydrogen-bond donors (Lipinski definition) is 4. The Hall–Kier alpha value is -4.29. The normalized spacial score (nSPS) is 18.0. The fraction of sp³-hybridized carbons (Fsp3) is 0.618. The zero-order valence-electron chi connectivity index (χ0n) is 28.8. The largest absolute Gasteiger partial charge is 0.449 e. The molecule has 1 aromatic carbocycles. The monoisotopic (exact) mass is 657 g/mol. The van der Waals surface area contributed by atoms with E-state index in [1.165, 1.54) is 11.8 Å². The number of hydrogen-bond acceptors (Lipinski definition) is 8. The number of nitrogens with one attached hydrogen (secondary N) is 4. The molecule has 1 fully saturated rings. The van der Waals surface area contributed by atoms with Crippen molar-refractivity contribution in [3.8, 4) is 0 Å². The molecule has 1 saturated heterocycles. The number of likely N-dealkylation sites (tertiary alicyclic amines) is 1. The summed E-state index contributed by atoms with van der Waals surface area (Å²) >= 11 is 0. The lowest BCUT2D eigenvalue weighted by molar-refractivity contribution is -0.145. The van der Waals surface area contributed by atoms with Gasteiger partial charge in [-0.3, -0.25) is 28.8 Å². The summed E-state index contributed by atoms with van der Waals surface area (Å²) in [5.41, 5.74) is -0.139. The molecule has 0 saturated carbocycles. The standard InChI is InChI=1S/C34H51N5O8/c1-9-13-24(28(42)31(44)35-18-26(41)37-27(22(5)40)23-14-11-10-12-15-23)36-30(43)25-17-16-21(4)39(25)32(45)29(34(6,7)8)38-33(46)47-19-20(2)3/h10-12,14-15,20-21,24-25,27,29H,9,13,16-19H2,1-8H3,(H,35,44)(H,36,43)(H,37,41)(H,38,46)/t21-,24?,25-,27+,29+/m0/s1. The lowest BCUT2D eigenvalue weighted by Gasteiger charge is -2.37. The first kappa shape index (κ1) is 38.9. The maximum atomic E-state index is 13.9. The summed E-state index contributed by atoms with van der Waals surface area (Å²) in [6, 6.07) is 4.25. The molecule has 13 nitrogen and oxygen atoms in total. The van der Waals surface area contributed by atoms with Gasteiger partial charge in [0.1, 0.15) is 18.1 Å². The Morgan fingerprint density at radius 2 is 1.60 bits per heavy atom. The van der Waals surface area contributed by atoms with Crippen LogP contribution in [0.2, 0.25) is 0 Å². The van der Waals surface area contributed by atoms with E-state index in [1.54, 1.807) is 58.0 Å². The highest BCUT2D eigenvalue weighted by molar-refractivity contribution is 6.38. The van der Waals surface area contributed by atoms with Gasteiger partial charge >= 0.3 is 6.09 Å². The fourth-order valence-electron chi connectivity index (χ4n) is 5.32. The van der Waals surface area contributed by atoms with Gasteiger partial charge in [0.15, 0.2) is 5.78 Å². The minimum atomic E-state index is -1.19. The number of Topliss-reactive ketones (excluding diaryl/α,β-unsaturated/α-hetero) is 2. The molecule has 5 amide bonds. The van der Waals surface area contributed by atoms with Crippen LogP contribution in [0.15, 0.2) is 30.3 Å². The third-order valence-corrected chi connectivity index (χ3v) is 7.84. The molecule has 260 valence electrons. The van der Waals surface area contributed by atoms with Gasteiger partial charge in [0.25, 0.3) is 5.91 Å². The Balaban J connectivity index is 2.10. The van der Waals surface area contributed by atoms with E-state index >= 15 is 0 Å². The topological polar surface area (TPSA) is 180 Å². The van der Waals surface area contributed by atoms with Crippen molar-refractivity contribution in [2.75, 3.05) is 13.2 Å². The molecule has 5 atom stereocenters. The quantitative estimate of drug-likeness (QED) is 0.208. The van der Waals surface area contributed by atoms with Crippen LogP contribution in [0.1, 0.15) is 92.7 Å². The maximum Gasteiger partial charge on any atom is 0.407 e. The van der Waals surface area contributed by atoms with Gasteiger partial charge in [-0.05, 0) is 50.0 Å². The second-order valence-corrected chi connectivity index (χ2v) is 13.5. The molecule has 1 unspecified atom stereocenters. The molecule has 47 heavy (non-hydrogen) atoms. The average Bonchev–Trinajstić information content (AvgIpc) is 3.40. The van der Waals surface area contributed by atoms with E-state index in [9.17, 15) is 33.6 Å². The van der Waals surface area contributed by atoms with E-state index in [-0.39, 0.29) is 30.8 Å². The Labute approximate surface area is 277 Å². The molecule has 0 bridgehead atoms. The van der Waals surface area contributed by atoms with Crippen LogP contribution in [-0.4, -0.2) is 83.5 Å². The molecule has 4 N–H and O–H groups in total. The van der Waals surface area contributed by atoms with Crippen LogP contribution in [0.4, 0.5) is 4.79 Å². The number of ketones is 2. The molecule has 2 rings (SSSR count). The second kappa shape index (κ2) is 17.6. The summed E-state index contributed by atoms with van der Waals surface area (Å²) < 4.78 is 5.24. The van der Waals surface area contributed by atoms with Gasteiger partial charge in [0.05, 0.1) is 19.2 Å². The summed E-state index contributed by atoms with van der Waals surface area (Å²) in [5.74, 6) is -3.92. The number of carbonyl (C=O) groups excluding carboxylic acids is 7. The van der Waals surface area contributed by atoms with Crippen molar-refractivity contribution in [3.05, 3.63) is 35.9 Å². The van der Waals surface area contributed by atoms with Crippen LogP contribution in [0, 0.1) is 11.3 Å². The number of alkyl carbamates (subject to hydrolysis) is 1. The summed E-state index contributed by atoms with van der Waals surface area (Å²) in [4.78, 5) is 92.1. The second-order valence-electron chi connectivity index (χ2n) is 13.5. The van der Waals surface area contributed by atoms with E-state index < -0.39 is 71.6 Å². The average molecular weight is 658 g/mol. The molecule has 0 aromatic heterocycles. The van der Waals surface area contributed by atoms with Gasteiger partial charge in [-0.1, -0.05) is 78.3 Å². The van der Waals surface area contributed by atoms with Crippen molar-refractivity contribution in [2.45, 2.75) is 111 Å². The highest BCUT2D eigenvalue weighted by Crippen LogP contribution is 2.29. The predicted molar refractivity (Wildman–Crippen MR) is 175 cm³/mol. The van der Waals surface area contributed by atoms with Crippen LogP contribution in [0.25, 0.3) is 0 Å². The van der Waals surface area contributed by atoms with Crippen LogP contribution < -0.4 is 21.3 Å². The molecular weight excluding hydrogens is 606 g/mol. The summed E-state index contributed by atoms with van der Waals surface area (Å²) in [6.45, 7) is 13.7. The van der Waals surface area contributed by atoms with Crippen molar-refractivity contribution >= 4 is 41.3 Å². The lowest BCUT2D eigenvalue weighted by atomic mass is 9.85. The Bertz CT molecular complexity index is 1290. The summed E-state index contributed by atoms with van der Waals surface area (Å²) in [7, 11) is 0. The van der Waals surface area contributed by atoms with Crippen LogP contribution in [0.5, 0.6) is 0 Å². The maximum absolute atomic E-state index is 13.9. The molecule has 1 aliphatic heterocycles. The third-order valence-electron chi connectivity index (χ3n) is 7.84. The van der Waals surface area contributed by atoms with Crippen LogP contribution >= 0.6 is 0 Å². The molecule has 0 spiro atoms. The highest BCUT2D eigenvalue weighted by atomic mass is 16.5. The zero-order valence-corrected chi connectivity index (χ0v) is 28.8. The summed E-state index contributed by atoms with van der Waals surface area (Å²) in [6.07, 6.45) is 0.718. The summed E-state index contributed by atoms with van der Waals surface area (Å²) in [5, 5.41) is 10.2. The molecule has 1 aromatic rings. The smallest absolute Gasteiger partial charge is 0.407 e. The first-order valence-corrected chi connectivity index (χ1v) is 16.2. The van der Waals surface area contributed by atoms with Crippen LogP contribution in [-0.2, 0) is 33.5 Å². The minimum absolute atomic E-state index is 0.105. The molecule has 0 radical (unpaired) electrons. The SMILES string of the molecule is CCCC(NC(=O)[C@@H]1CC[C@H](C)N1C(=O)[C@@H](NC(=O)OCC(C)C)C(C)(C)C)C(=O)C(=O)NCC(=O)N[C@H](C(C)=O)c1ccccc1. The zero-order chi connectivity index (χ0) is 35.5. The highest BCUT2D eigenvalue weighted by Gasteiger charge is 2.45. The van der Waals surface area contributed by atoms with E-state index in [2.05, 4.69) is 21.3 Å². The molecular formula is C34H51N5O8. The number of nitrogens with zero attached hydrogens (tertiary/aromatic N) is 1. The Morgan fingerprint density at radius 1 is 0.957 bits per heavy atom. The Kier molecular flexibility index (Phi) is 14.5. The molecule has 13 heteroatoms. The van der Waals surface area contributed by atoms with Gasteiger partial charge in [0.2, 0.25) is 23.5 Å². The van der Waals surface area contributed by atoms with Crippen LogP contribution in [0.3, 0.4) is 0 Å². The molecule has 1 heterocycles. The van der Waals surface area contributed by atoms with E-state index in [4.69, 9.17) is 4.74 Å². The van der Waals surface area contributed by atoms with Crippen molar-refractivity contribution in [3.63, 3.8) is 0 Å². The predicted octanol–water partition coefficient (Wildman–Crippen LogP) is 2.58. The van der Waals surface area contributed by atoms with E-state index in [1.807, 2.05) is 20.8 Å². The molecule has 0 aliphatic carbocycles. The van der Waals surface area contributed by atoms with Gasteiger partial charge in [0, 0.05) is 6.04 Å². The fourth-order valence-corrected chi connectivity index (χ4v) is 5.32. The van der Waals surface area contributed by atoms with Gasteiger partial charge in [-0.25, -0.2) is 4.79 Å². The van der Waals surface area contributed by atoms with Crippen molar-refractivity contribution < 1.29 is 38.3 Å². The minimum Gasteiger partial charge on any atom is -0.449 e. The number of rotatable bonds is 15. The van der Waals surface area contributed by atoms with E-state index in [0.29, 0.717) is 24.8 Å². The molecule has 1 aliphatic rings. The number of ether oxygens (including phenoxy) is 1. The first-order chi connectivity index (χ1) is 22.0. The third kappa shape index (κ3) is 11.5. The first-order valence-electron chi connectivity index (χ1n) is 16.2. The van der Waals surface area contributed by atoms with E-state index in [0.717, 1.165) is 0 Å².